The van der Waals surface area contributed by atoms with Crippen molar-refractivity contribution in [2.24, 2.45) is 5.92 Å². The van der Waals surface area contributed by atoms with Crippen LogP contribution in [-0.2, 0) is 25.6 Å². The molecule has 0 bridgehead atoms. The fourth-order valence-corrected chi connectivity index (χ4v) is 5.98. The zero-order valence-electron chi connectivity index (χ0n) is 26.0. The van der Waals surface area contributed by atoms with Crippen molar-refractivity contribution in [1.82, 2.24) is 4.72 Å². The lowest BCUT2D eigenvalue weighted by Crippen LogP contribution is -2.37. The Labute approximate surface area is 272 Å². The first-order valence-corrected chi connectivity index (χ1v) is 17.9. The van der Waals surface area contributed by atoms with Crippen molar-refractivity contribution in [1.29, 1.82) is 0 Å². The van der Waals surface area contributed by atoms with Crippen LogP contribution in [0.1, 0.15) is 28.3 Å². The van der Waals surface area contributed by atoms with Crippen molar-refractivity contribution in [3.05, 3.63) is 149 Å². The first kappa shape index (κ1) is 34.4. The number of aryl methyl sites for hydroxylation is 2. The van der Waals surface area contributed by atoms with Gasteiger partial charge in [0.2, 0.25) is 10.0 Å². The molecule has 0 fully saturated rings. The van der Waals surface area contributed by atoms with Crippen LogP contribution in [-0.4, -0.2) is 31.1 Å². The Morgan fingerprint density at radius 2 is 1.43 bits per heavy atom. The summed E-state index contributed by atoms with van der Waals surface area (Å²) >= 11 is 0. The standard InChI is InChI=1S/C35H30FNO4S.C2H6OS/c1-24-12-21-30(22-13-24)42(39,40)37-33(28-9-4-3-5-10-28)32(23-17-26-15-19-29(36)20-16-26)35(38)41-34-25(2)14-18-27-8-6-7-11-31(27)34;1-4(2)3/h3-23,32-33,37H,1-2H3;1-2H3/b23-17+;/t32-,33+;/m0./s1. The Morgan fingerprint density at radius 1 is 0.826 bits per heavy atom. The third-order valence-corrected chi connectivity index (χ3v) is 8.51. The third kappa shape index (κ3) is 9.29. The number of carbonyl (C=O) groups is 1. The number of esters is 1. The zero-order chi connectivity index (χ0) is 33.3. The van der Waals surface area contributed by atoms with E-state index in [0.717, 1.165) is 21.9 Å². The Morgan fingerprint density at radius 3 is 2.09 bits per heavy atom. The van der Waals surface area contributed by atoms with E-state index < -0.39 is 38.8 Å². The highest BCUT2D eigenvalue weighted by atomic mass is 32.2. The van der Waals surface area contributed by atoms with E-state index in [4.69, 9.17) is 4.74 Å². The molecule has 0 amide bonds. The molecule has 0 saturated heterocycles. The van der Waals surface area contributed by atoms with Gasteiger partial charge in [-0.3, -0.25) is 9.00 Å². The largest absolute Gasteiger partial charge is 0.425 e. The van der Waals surface area contributed by atoms with Crippen molar-refractivity contribution in [3.8, 4) is 5.75 Å². The van der Waals surface area contributed by atoms with Gasteiger partial charge in [-0.05, 0) is 60.2 Å². The van der Waals surface area contributed by atoms with E-state index in [2.05, 4.69) is 4.72 Å². The van der Waals surface area contributed by atoms with E-state index in [1.165, 1.54) is 24.3 Å². The van der Waals surface area contributed by atoms with Crippen molar-refractivity contribution < 1.29 is 26.5 Å². The highest BCUT2D eigenvalue weighted by molar-refractivity contribution is 7.89. The van der Waals surface area contributed by atoms with Gasteiger partial charge < -0.3 is 4.74 Å². The lowest BCUT2D eigenvalue weighted by molar-refractivity contribution is -0.138. The number of rotatable bonds is 9. The number of ether oxygens (including phenoxy) is 1. The Hall–Kier alpha value is -4.44. The molecule has 5 aromatic rings. The quantitative estimate of drug-likeness (QED) is 0.131. The predicted octanol–water partition coefficient (Wildman–Crippen LogP) is 7.55. The van der Waals surface area contributed by atoms with Gasteiger partial charge >= 0.3 is 5.97 Å². The molecule has 0 radical (unpaired) electrons. The van der Waals surface area contributed by atoms with Crippen LogP contribution in [0.15, 0.2) is 126 Å². The molecule has 46 heavy (non-hydrogen) atoms. The maximum absolute atomic E-state index is 14.1. The Balaban J connectivity index is 0.00000113. The number of nitrogens with one attached hydrogen (secondary N) is 1. The molecule has 9 heteroatoms. The van der Waals surface area contributed by atoms with Crippen LogP contribution < -0.4 is 9.46 Å². The van der Waals surface area contributed by atoms with Gasteiger partial charge in [0.05, 0.1) is 16.9 Å². The highest BCUT2D eigenvalue weighted by Crippen LogP contribution is 2.33. The molecule has 0 aliphatic carbocycles. The number of halogens is 1. The fraction of sp³-hybridized carbons (Fsp3) is 0.162. The summed E-state index contributed by atoms with van der Waals surface area (Å²) in [7, 11) is -4.66. The van der Waals surface area contributed by atoms with Gasteiger partial charge in [0.15, 0.2) is 0 Å². The molecule has 0 unspecified atom stereocenters. The number of fused-ring (bicyclic) bond motifs is 1. The van der Waals surface area contributed by atoms with E-state index >= 15 is 0 Å². The average molecular weight is 658 g/mol. The summed E-state index contributed by atoms with van der Waals surface area (Å²) < 4.78 is 59.2. The lowest BCUT2D eigenvalue weighted by atomic mass is 9.92. The molecule has 1 N–H and O–H groups in total. The zero-order valence-corrected chi connectivity index (χ0v) is 27.6. The summed E-state index contributed by atoms with van der Waals surface area (Å²) in [6.45, 7) is 3.73. The van der Waals surface area contributed by atoms with E-state index in [0.29, 0.717) is 16.9 Å². The van der Waals surface area contributed by atoms with Crippen LogP contribution in [0, 0.1) is 25.6 Å². The van der Waals surface area contributed by atoms with Gasteiger partial charge in [-0.1, -0.05) is 109 Å². The molecule has 0 aliphatic rings. The van der Waals surface area contributed by atoms with Gasteiger partial charge in [0.1, 0.15) is 11.6 Å². The minimum absolute atomic E-state index is 0.0774. The van der Waals surface area contributed by atoms with Crippen LogP contribution >= 0.6 is 0 Å². The molecule has 0 heterocycles. The second-order valence-corrected chi connectivity index (χ2v) is 14.1. The first-order chi connectivity index (χ1) is 21.9. The molecule has 6 nitrogen and oxygen atoms in total. The predicted molar refractivity (Wildman–Crippen MR) is 184 cm³/mol. The van der Waals surface area contributed by atoms with Crippen LogP contribution in [0.4, 0.5) is 4.39 Å². The molecule has 5 rings (SSSR count). The van der Waals surface area contributed by atoms with Gasteiger partial charge in [-0.15, -0.1) is 0 Å². The Kier molecular flexibility index (Phi) is 11.8. The first-order valence-electron chi connectivity index (χ1n) is 14.5. The van der Waals surface area contributed by atoms with E-state index in [1.807, 2.05) is 56.3 Å². The van der Waals surface area contributed by atoms with Crippen molar-refractivity contribution in [2.45, 2.75) is 24.8 Å². The smallest absolute Gasteiger partial charge is 0.320 e. The molecule has 238 valence electrons. The minimum Gasteiger partial charge on any atom is -0.425 e. The van der Waals surface area contributed by atoms with Crippen LogP contribution in [0.3, 0.4) is 0 Å². The topological polar surface area (TPSA) is 89.5 Å². The summed E-state index contributed by atoms with van der Waals surface area (Å²) in [4.78, 5) is 14.2. The van der Waals surface area contributed by atoms with Gasteiger partial charge in [0, 0.05) is 28.7 Å². The number of hydrogen-bond donors (Lipinski definition) is 1. The van der Waals surface area contributed by atoms with Gasteiger partial charge in [-0.2, -0.15) is 0 Å². The number of benzene rings is 5. The molecule has 0 aliphatic heterocycles. The normalized spacial score (nSPS) is 12.8. The van der Waals surface area contributed by atoms with Crippen molar-refractivity contribution in [2.75, 3.05) is 12.5 Å². The summed E-state index contributed by atoms with van der Waals surface area (Å²) in [6.07, 6.45) is 6.54. The van der Waals surface area contributed by atoms with Crippen LogP contribution in [0.25, 0.3) is 16.8 Å². The third-order valence-electron chi connectivity index (χ3n) is 7.05. The second kappa shape index (κ2) is 15.7. The summed E-state index contributed by atoms with van der Waals surface area (Å²) in [5.74, 6) is -1.71. The monoisotopic (exact) mass is 657 g/mol. The maximum Gasteiger partial charge on any atom is 0.320 e. The molecular formula is C37H36FNO5S2. The molecule has 2 atom stereocenters. The Bertz CT molecular complexity index is 1940. The van der Waals surface area contributed by atoms with E-state index in [1.54, 1.807) is 73.2 Å². The minimum atomic E-state index is -4.05. The maximum atomic E-state index is 14.1. The second-order valence-electron chi connectivity index (χ2n) is 10.9. The highest BCUT2D eigenvalue weighted by Gasteiger charge is 2.34. The molecular weight excluding hydrogens is 622 g/mol. The SMILES string of the molecule is CS(C)=O.Cc1ccc(S(=O)(=O)N[C@H](c2ccccc2)[C@H](/C=C/c2ccc(F)cc2)C(=O)Oc2c(C)ccc3ccccc23)cc1. The van der Waals surface area contributed by atoms with Crippen molar-refractivity contribution >= 4 is 43.6 Å². The van der Waals surface area contributed by atoms with Crippen LogP contribution in [0.5, 0.6) is 5.75 Å². The molecule has 0 aromatic heterocycles. The number of sulfonamides is 1. The summed E-state index contributed by atoms with van der Waals surface area (Å²) in [5, 5.41) is 1.67. The van der Waals surface area contributed by atoms with E-state index in [-0.39, 0.29) is 10.7 Å². The number of carbonyl (C=O) groups excluding carboxylic acids is 1. The van der Waals surface area contributed by atoms with Crippen molar-refractivity contribution in [3.63, 3.8) is 0 Å². The summed E-state index contributed by atoms with van der Waals surface area (Å²) in [6, 6.07) is 31.6. The lowest BCUT2D eigenvalue weighted by Gasteiger charge is -2.26. The average Bonchev–Trinajstić information content (AvgIpc) is 3.03. The fourth-order valence-electron chi connectivity index (χ4n) is 4.73. The molecule has 0 saturated carbocycles. The molecule has 5 aromatic carbocycles. The van der Waals surface area contributed by atoms with Crippen LogP contribution in [0.2, 0.25) is 0 Å². The molecule has 0 spiro atoms. The number of hydrogen-bond acceptors (Lipinski definition) is 5. The van der Waals surface area contributed by atoms with E-state index in [9.17, 15) is 21.8 Å². The van der Waals surface area contributed by atoms with Gasteiger partial charge in [-0.25, -0.2) is 17.5 Å². The van der Waals surface area contributed by atoms with Gasteiger partial charge in [0.25, 0.3) is 0 Å². The summed E-state index contributed by atoms with van der Waals surface area (Å²) in [5.41, 5.74) is 2.90.